The van der Waals surface area contributed by atoms with Crippen molar-refractivity contribution in [2.24, 2.45) is 0 Å². The van der Waals surface area contributed by atoms with Crippen molar-refractivity contribution in [2.45, 2.75) is 46.0 Å². The molecule has 0 radical (unpaired) electrons. The Morgan fingerprint density at radius 3 is 2.27 bits per heavy atom. The summed E-state index contributed by atoms with van der Waals surface area (Å²) in [5.41, 5.74) is 2.58. The summed E-state index contributed by atoms with van der Waals surface area (Å²) in [7, 11) is 0. The summed E-state index contributed by atoms with van der Waals surface area (Å²) in [5, 5.41) is 0. The SMILES string of the molecule is CCCC1=C(CCC)C(=O)C1. The number of hydrogen-bond donors (Lipinski definition) is 0. The summed E-state index contributed by atoms with van der Waals surface area (Å²) in [6.45, 7) is 4.29. The van der Waals surface area contributed by atoms with Crippen LogP contribution in [0.4, 0.5) is 0 Å². The van der Waals surface area contributed by atoms with Crippen LogP contribution < -0.4 is 0 Å². The van der Waals surface area contributed by atoms with Gasteiger partial charge in [-0.1, -0.05) is 32.3 Å². The van der Waals surface area contributed by atoms with E-state index in [0.717, 1.165) is 31.3 Å². The first kappa shape index (κ1) is 8.51. The van der Waals surface area contributed by atoms with E-state index in [2.05, 4.69) is 13.8 Å². The smallest absolute Gasteiger partial charge is 0.162 e. The lowest BCUT2D eigenvalue weighted by Gasteiger charge is -2.21. The molecule has 11 heavy (non-hydrogen) atoms. The van der Waals surface area contributed by atoms with Crippen LogP contribution in [0.15, 0.2) is 11.1 Å². The topological polar surface area (TPSA) is 17.1 Å². The van der Waals surface area contributed by atoms with Crippen LogP contribution in [0.25, 0.3) is 0 Å². The lowest BCUT2D eigenvalue weighted by atomic mass is 9.82. The van der Waals surface area contributed by atoms with Crippen molar-refractivity contribution >= 4 is 5.78 Å². The predicted octanol–water partition coefficient (Wildman–Crippen LogP) is 2.86. The summed E-state index contributed by atoms with van der Waals surface area (Å²) >= 11 is 0. The molecule has 1 aliphatic rings. The minimum absolute atomic E-state index is 0.398. The van der Waals surface area contributed by atoms with E-state index >= 15 is 0 Å². The average molecular weight is 152 g/mol. The quantitative estimate of drug-likeness (QED) is 0.605. The molecule has 0 fully saturated rings. The standard InChI is InChI=1S/C10H16O/c1-3-5-8-7-10(11)9(8)6-4-2/h3-7H2,1-2H3. The summed E-state index contributed by atoms with van der Waals surface area (Å²) in [6, 6.07) is 0. The molecule has 0 heterocycles. The zero-order valence-electron chi connectivity index (χ0n) is 7.44. The number of hydrogen-bond acceptors (Lipinski definition) is 1. The molecule has 0 bridgehead atoms. The number of Topliss-reactive ketones (excluding diaryl/α,β-unsaturated/α-hetero) is 1. The zero-order valence-corrected chi connectivity index (χ0v) is 7.44. The average Bonchev–Trinajstić information content (AvgIpc) is 2.00. The van der Waals surface area contributed by atoms with Crippen LogP contribution in [0.3, 0.4) is 0 Å². The molecule has 1 nitrogen and oxygen atoms in total. The minimum Gasteiger partial charge on any atom is -0.294 e. The maximum absolute atomic E-state index is 11.0. The van der Waals surface area contributed by atoms with Crippen LogP contribution in [-0.4, -0.2) is 5.78 Å². The molecular weight excluding hydrogens is 136 g/mol. The van der Waals surface area contributed by atoms with E-state index in [1.54, 1.807) is 0 Å². The van der Waals surface area contributed by atoms with Crippen LogP contribution >= 0.6 is 0 Å². The molecule has 0 atom stereocenters. The van der Waals surface area contributed by atoms with Crippen LogP contribution in [0, 0.1) is 0 Å². The van der Waals surface area contributed by atoms with Gasteiger partial charge in [-0.15, -0.1) is 0 Å². The summed E-state index contributed by atoms with van der Waals surface area (Å²) < 4.78 is 0. The molecule has 0 aliphatic heterocycles. The molecular formula is C10H16O. The summed E-state index contributed by atoms with van der Waals surface area (Å²) in [6.07, 6.45) is 5.18. The minimum atomic E-state index is 0.398. The highest BCUT2D eigenvalue weighted by atomic mass is 16.1. The summed E-state index contributed by atoms with van der Waals surface area (Å²) in [4.78, 5) is 11.0. The van der Waals surface area contributed by atoms with Crippen molar-refractivity contribution < 1.29 is 4.79 Å². The lowest BCUT2D eigenvalue weighted by molar-refractivity contribution is -0.116. The molecule has 62 valence electrons. The fraction of sp³-hybridized carbons (Fsp3) is 0.700. The third-order valence-corrected chi connectivity index (χ3v) is 2.19. The van der Waals surface area contributed by atoms with Gasteiger partial charge in [0.15, 0.2) is 5.78 Å². The molecule has 1 aliphatic carbocycles. The van der Waals surface area contributed by atoms with Gasteiger partial charge in [-0.25, -0.2) is 0 Å². The molecule has 0 amide bonds. The van der Waals surface area contributed by atoms with Crippen molar-refractivity contribution in [1.29, 1.82) is 0 Å². The molecule has 0 N–H and O–H groups in total. The van der Waals surface area contributed by atoms with Crippen LogP contribution in [-0.2, 0) is 4.79 Å². The maximum Gasteiger partial charge on any atom is 0.162 e. The Hall–Kier alpha value is -0.590. The molecule has 0 aromatic carbocycles. The second-order valence-corrected chi connectivity index (χ2v) is 3.18. The first-order valence-corrected chi connectivity index (χ1v) is 4.53. The normalized spacial score (nSPS) is 17.1. The van der Waals surface area contributed by atoms with Crippen molar-refractivity contribution in [3.05, 3.63) is 11.1 Å². The number of ketones is 1. The van der Waals surface area contributed by atoms with Gasteiger partial charge in [-0.3, -0.25) is 4.79 Å². The third-order valence-electron chi connectivity index (χ3n) is 2.19. The van der Waals surface area contributed by atoms with E-state index in [4.69, 9.17) is 0 Å². The molecule has 0 spiro atoms. The number of allylic oxidation sites excluding steroid dienone is 2. The van der Waals surface area contributed by atoms with Gasteiger partial charge in [0, 0.05) is 6.42 Å². The predicted molar refractivity (Wildman–Crippen MR) is 46.5 cm³/mol. The Morgan fingerprint density at radius 1 is 1.18 bits per heavy atom. The van der Waals surface area contributed by atoms with Crippen LogP contribution in [0.1, 0.15) is 46.0 Å². The fourth-order valence-corrected chi connectivity index (χ4v) is 1.60. The van der Waals surface area contributed by atoms with Gasteiger partial charge < -0.3 is 0 Å². The van der Waals surface area contributed by atoms with E-state index in [-0.39, 0.29) is 0 Å². The van der Waals surface area contributed by atoms with Crippen molar-refractivity contribution in [3.8, 4) is 0 Å². The Morgan fingerprint density at radius 2 is 1.82 bits per heavy atom. The molecule has 1 rings (SSSR count). The number of carbonyl (C=O) groups is 1. The van der Waals surface area contributed by atoms with Crippen LogP contribution in [0.5, 0.6) is 0 Å². The Balaban J connectivity index is 2.54. The van der Waals surface area contributed by atoms with E-state index < -0.39 is 0 Å². The van der Waals surface area contributed by atoms with Gasteiger partial charge in [0.1, 0.15) is 0 Å². The van der Waals surface area contributed by atoms with E-state index in [9.17, 15) is 4.79 Å². The molecule has 1 heteroatoms. The van der Waals surface area contributed by atoms with Gasteiger partial charge >= 0.3 is 0 Å². The molecule has 0 aromatic heterocycles. The van der Waals surface area contributed by atoms with Gasteiger partial charge in [0.2, 0.25) is 0 Å². The van der Waals surface area contributed by atoms with Gasteiger partial charge in [-0.2, -0.15) is 0 Å². The largest absolute Gasteiger partial charge is 0.294 e. The number of carbonyl (C=O) groups excluding carboxylic acids is 1. The Kier molecular flexibility index (Phi) is 2.86. The van der Waals surface area contributed by atoms with E-state index in [1.165, 1.54) is 12.0 Å². The third kappa shape index (κ3) is 1.70. The number of rotatable bonds is 4. The highest BCUT2D eigenvalue weighted by Gasteiger charge is 2.24. The van der Waals surface area contributed by atoms with Gasteiger partial charge in [0.05, 0.1) is 0 Å². The first-order valence-electron chi connectivity index (χ1n) is 4.53. The molecule has 0 saturated carbocycles. The lowest BCUT2D eigenvalue weighted by Crippen LogP contribution is -2.17. The highest BCUT2D eigenvalue weighted by molar-refractivity contribution is 6.04. The second kappa shape index (κ2) is 3.70. The van der Waals surface area contributed by atoms with Gasteiger partial charge in [0.25, 0.3) is 0 Å². The van der Waals surface area contributed by atoms with Crippen molar-refractivity contribution in [3.63, 3.8) is 0 Å². The second-order valence-electron chi connectivity index (χ2n) is 3.18. The van der Waals surface area contributed by atoms with Crippen molar-refractivity contribution in [1.82, 2.24) is 0 Å². The van der Waals surface area contributed by atoms with Gasteiger partial charge in [-0.05, 0) is 18.4 Å². The van der Waals surface area contributed by atoms with Crippen molar-refractivity contribution in [2.75, 3.05) is 0 Å². The Bertz CT molecular complexity index is 189. The maximum atomic E-state index is 11.0. The first-order chi connectivity index (χ1) is 5.29. The van der Waals surface area contributed by atoms with E-state index in [1.807, 2.05) is 0 Å². The molecule has 0 unspecified atom stereocenters. The Labute approximate surface area is 68.5 Å². The zero-order chi connectivity index (χ0) is 8.27. The van der Waals surface area contributed by atoms with Crippen LogP contribution in [0.2, 0.25) is 0 Å². The highest BCUT2D eigenvalue weighted by Crippen LogP contribution is 2.30. The monoisotopic (exact) mass is 152 g/mol. The van der Waals surface area contributed by atoms with E-state index in [0.29, 0.717) is 5.78 Å². The summed E-state index contributed by atoms with van der Waals surface area (Å²) in [5.74, 6) is 0.398. The fourth-order valence-electron chi connectivity index (χ4n) is 1.60. The molecule has 0 aromatic rings. The molecule has 0 saturated heterocycles.